The molecule has 3 aromatic heterocycles. The highest BCUT2D eigenvalue weighted by Crippen LogP contribution is 2.20. The van der Waals surface area contributed by atoms with Gasteiger partial charge < -0.3 is 5.11 Å². The number of hydrogen-bond acceptors (Lipinski definition) is 4. The zero-order chi connectivity index (χ0) is 13.4. The van der Waals surface area contributed by atoms with E-state index in [1.54, 1.807) is 35.1 Å². The number of pyridine rings is 1. The first-order valence-electron chi connectivity index (χ1n) is 5.66. The van der Waals surface area contributed by atoms with Crippen molar-refractivity contribution in [2.45, 2.75) is 6.92 Å². The van der Waals surface area contributed by atoms with Crippen LogP contribution in [-0.2, 0) is 0 Å². The van der Waals surface area contributed by atoms with Crippen molar-refractivity contribution >= 4 is 11.6 Å². The minimum atomic E-state index is -1.06. The van der Waals surface area contributed by atoms with Crippen LogP contribution >= 0.6 is 0 Å². The molecule has 6 heteroatoms. The van der Waals surface area contributed by atoms with Gasteiger partial charge in [0.1, 0.15) is 0 Å². The smallest absolute Gasteiger partial charge is 0.354 e. The van der Waals surface area contributed by atoms with E-state index in [0.29, 0.717) is 11.3 Å². The molecule has 0 saturated carbocycles. The van der Waals surface area contributed by atoms with Crippen molar-refractivity contribution in [3.63, 3.8) is 0 Å². The highest BCUT2D eigenvalue weighted by atomic mass is 16.4. The summed E-state index contributed by atoms with van der Waals surface area (Å²) in [7, 11) is 0. The van der Waals surface area contributed by atoms with E-state index in [0.717, 1.165) is 11.3 Å². The number of rotatable bonds is 2. The van der Waals surface area contributed by atoms with Gasteiger partial charge in [-0.1, -0.05) is 0 Å². The minimum absolute atomic E-state index is 0.000729. The van der Waals surface area contributed by atoms with Gasteiger partial charge in [-0.2, -0.15) is 5.10 Å². The maximum absolute atomic E-state index is 11.1. The van der Waals surface area contributed by atoms with Crippen molar-refractivity contribution < 1.29 is 9.90 Å². The summed E-state index contributed by atoms with van der Waals surface area (Å²) >= 11 is 0. The maximum atomic E-state index is 11.1. The molecular weight excluding hydrogens is 244 g/mol. The van der Waals surface area contributed by atoms with Gasteiger partial charge in [-0.15, -0.1) is 0 Å². The van der Waals surface area contributed by atoms with E-state index < -0.39 is 5.97 Å². The average Bonchev–Trinajstić information content (AvgIpc) is 2.78. The average molecular weight is 254 g/mol. The molecule has 3 aromatic rings. The van der Waals surface area contributed by atoms with Gasteiger partial charge in [0.25, 0.3) is 0 Å². The molecule has 0 amide bonds. The molecule has 0 aromatic carbocycles. The van der Waals surface area contributed by atoms with Crippen molar-refractivity contribution in [3.8, 4) is 11.3 Å². The lowest BCUT2D eigenvalue weighted by molar-refractivity contribution is 0.0690. The third kappa shape index (κ3) is 1.93. The fraction of sp³-hybridized carbons (Fsp3) is 0.0769. The second-order valence-electron chi connectivity index (χ2n) is 4.12. The number of aromatic carboxylic acids is 1. The lowest BCUT2D eigenvalue weighted by Crippen LogP contribution is -2.05. The molecule has 0 bridgehead atoms. The molecule has 0 fully saturated rings. The van der Waals surface area contributed by atoms with E-state index in [9.17, 15) is 4.79 Å². The monoisotopic (exact) mass is 254 g/mol. The summed E-state index contributed by atoms with van der Waals surface area (Å²) in [5, 5.41) is 13.4. The van der Waals surface area contributed by atoms with Crippen LogP contribution in [0.2, 0.25) is 0 Å². The van der Waals surface area contributed by atoms with Crippen LogP contribution in [0.15, 0.2) is 36.7 Å². The summed E-state index contributed by atoms with van der Waals surface area (Å²) < 4.78 is 1.64. The highest BCUT2D eigenvalue weighted by Gasteiger charge is 2.13. The van der Waals surface area contributed by atoms with Gasteiger partial charge in [0.05, 0.1) is 11.4 Å². The van der Waals surface area contributed by atoms with E-state index in [2.05, 4.69) is 15.1 Å². The van der Waals surface area contributed by atoms with Gasteiger partial charge in [0.2, 0.25) is 0 Å². The molecule has 0 atom stereocenters. The van der Waals surface area contributed by atoms with Crippen LogP contribution < -0.4 is 0 Å². The van der Waals surface area contributed by atoms with Crippen LogP contribution in [-0.4, -0.2) is 30.7 Å². The summed E-state index contributed by atoms with van der Waals surface area (Å²) in [6.07, 6.45) is 3.30. The van der Waals surface area contributed by atoms with Crippen LogP contribution in [0.4, 0.5) is 0 Å². The van der Waals surface area contributed by atoms with E-state index in [1.807, 2.05) is 6.92 Å². The van der Waals surface area contributed by atoms with E-state index in [1.165, 1.54) is 6.07 Å². The molecule has 0 spiro atoms. The molecule has 94 valence electrons. The summed E-state index contributed by atoms with van der Waals surface area (Å²) in [5.74, 6) is -1.06. The van der Waals surface area contributed by atoms with Crippen LogP contribution in [0, 0.1) is 6.92 Å². The van der Waals surface area contributed by atoms with E-state index in [-0.39, 0.29) is 5.69 Å². The fourth-order valence-corrected chi connectivity index (χ4v) is 1.93. The largest absolute Gasteiger partial charge is 0.477 e. The Morgan fingerprint density at radius 2 is 2.00 bits per heavy atom. The zero-order valence-corrected chi connectivity index (χ0v) is 10.1. The van der Waals surface area contributed by atoms with Crippen molar-refractivity contribution in [1.29, 1.82) is 0 Å². The number of aromatic nitrogens is 4. The molecule has 0 unspecified atom stereocenters. The number of aryl methyl sites for hydroxylation is 1. The third-order valence-electron chi connectivity index (χ3n) is 2.74. The lowest BCUT2D eigenvalue weighted by Gasteiger charge is -2.05. The molecule has 19 heavy (non-hydrogen) atoms. The Kier molecular flexibility index (Phi) is 2.49. The van der Waals surface area contributed by atoms with Crippen LogP contribution in [0.1, 0.15) is 16.2 Å². The molecular formula is C13H10N4O2. The lowest BCUT2D eigenvalue weighted by atomic mass is 10.1. The number of hydrogen-bond donors (Lipinski definition) is 1. The Hall–Kier alpha value is -2.76. The Morgan fingerprint density at radius 3 is 2.68 bits per heavy atom. The van der Waals surface area contributed by atoms with Gasteiger partial charge in [0, 0.05) is 24.0 Å². The number of carboxylic acids is 1. The van der Waals surface area contributed by atoms with Crippen molar-refractivity contribution in [1.82, 2.24) is 19.6 Å². The van der Waals surface area contributed by atoms with Gasteiger partial charge in [-0.25, -0.2) is 14.3 Å². The first-order chi connectivity index (χ1) is 9.15. The molecule has 0 aliphatic heterocycles. The van der Waals surface area contributed by atoms with E-state index >= 15 is 0 Å². The van der Waals surface area contributed by atoms with Crippen LogP contribution in [0.5, 0.6) is 0 Å². The number of nitrogens with zero attached hydrogens (tertiary/aromatic N) is 4. The van der Waals surface area contributed by atoms with Gasteiger partial charge >= 0.3 is 5.97 Å². The second kappa shape index (κ2) is 4.16. The van der Waals surface area contributed by atoms with Gasteiger partial charge in [0.15, 0.2) is 11.3 Å². The second-order valence-corrected chi connectivity index (χ2v) is 4.12. The minimum Gasteiger partial charge on any atom is -0.477 e. The highest BCUT2D eigenvalue weighted by molar-refractivity contribution is 5.87. The van der Waals surface area contributed by atoms with Crippen molar-refractivity contribution in [2.24, 2.45) is 0 Å². The Morgan fingerprint density at radius 1 is 1.26 bits per heavy atom. The Labute approximate surface area is 108 Å². The predicted octanol–water partition coefficient (Wildman–Crippen LogP) is 1.80. The van der Waals surface area contributed by atoms with Gasteiger partial charge in [-0.05, 0) is 25.1 Å². The maximum Gasteiger partial charge on any atom is 0.354 e. The van der Waals surface area contributed by atoms with E-state index in [4.69, 9.17) is 5.11 Å². The number of fused-ring (bicyclic) bond motifs is 1. The molecule has 0 aliphatic rings. The van der Waals surface area contributed by atoms with Crippen molar-refractivity contribution in [2.75, 3.05) is 0 Å². The normalized spacial score (nSPS) is 10.8. The fourth-order valence-electron chi connectivity index (χ4n) is 1.93. The summed E-state index contributed by atoms with van der Waals surface area (Å²) in [4.78, 5) is 19.1. The SMILES string of the molecule is Cc1cc2nc(C(=O)O)cc(-c3ccncc3)n2n1. The first kappa shape index (κ1) is 11.3. The summed E-state index contributed by atoms with van der Waals surface area (Å²) in [6, 6.07) is 6.86. The predicted molar refractivity (Wildman–Crippen MR) is 67.9 cm³/mol. The topological polar surface area (TPSA) is 80.4 Å². The third-order valence-corrected chi connectivity index (χ3v) is 2.74. The van der Waals surface area contributed by atoms with Crippen LogP contribution in [0.3, 0.4) is 0 Å². The zero-order valence-electron chi connectivity index (χ0n) is 10.1. The Balaban J connectivity index is 2.35. The summed E-state index contributed by atoms with van der Waals surface area (Å²) in [6.45, 7) is 1.84. The Bertz CT molecular complexity index is 765. The molecule has 0 radical (unpaired) electrons. The molecule has 0 saturated heterocycles. The van der Waals surface area contributed by atoms with Crippen molar-refractivity contribution in [3.05, 3.63) is 48.0 Å². The summed E-state index contributed by atoms with van der Waals surface area (Å²) in [5.41, 5.74) is 2.82. The number of carboxylic acid groups (broad SMARTS) is 1. The van der Waals surface area contributed by atoms with Crippen LogP contribution in [0.25, 0.3) is 16.9 Å². The molecule has 6 nitrogen and oxygen atoms in total. The molecule has 3 heterocycles. The molecule has 3 rings (SSSR count). The standard InChI is InChI=1S/C13H10N4O2/c1-8-6-12-15-10(13(18)19)7-11(17(12)16-8)9-2-4-14-5-3-9/h2-7H,1H3,(H,18,19). The number of carbonyl (C=O) groups is 1. The quantitative estimate of drug-likeness (QED) is 0.754. The van der Waals surface area contributed by atoms with Gasteiger partial charge in [-0.3, -0.25) is 4.98 Å². The molecule has 1 N–H and O–H groups in total. The first-order valence-corrected chi connectivity index (χ1v) is 5.66. The molecule has 0 aliphatic carbocycles.